The summed E-state index contributed by atoms with van der Waals surface area (Å²) in [6, 6.07) is 7.27. The quantitative estimate of drug-likeness (QED) is 0.884. The Morgan fingerprint density at radius 1 is 1.47 bits per heavy atom. The summed E-state index contributed by atoms with van der Waals surface area (Å²) in [5, 5.41) is 9.48. The number of fused-ring (bicyclic) bond motifs is 1. The van der Waals surface area contributed by atoms with Gasteiger partial charge in [0.1, 0.15) is 6.04 Å². The van der Waals surface area contributed by atoms with E-state index in [1.807, 2.05) is 43.0 Å². The first-order valence-electron chi connectivity index (χ1n) is 6.76. The molecule has 0 saturated heterocycles. The lowest BCUT2D eigenvalue weighted by atomic mass is 9.92. The van der Waals surface area contributed by atoms with E-state index in [2.05, 4.69) is 0 Å². The van der Waals surface area contributed by atoms with Gasteiger partial charge in [-0.05, 0) is 31.4 Å². The van der Waals surface area contributed by atoms with Crippen molar-refractivity contribution in [3.63, 3.8) is 0 Å². The molecule has 19 heavy (non-hydrogen) atoms. The summed E-state index contributed by atoms with van der Waals surface area (Å²) in [6.07, 6.45) is 1.09. The number of aliphatic carboxylic acids is 1. The van der Waals surface area contributed by atoms with E-state index >= 15 is 0 Å². The maximum atomic E-state index is 11.5. The van der Waals surface area contributed by atoms with Crippen LogP contribution in [0, 0.1) is 0 Å². The highest BCUT2D eigenvalue weighted by atomic mass is 16.5. The lowest BCUT2D eigenvalue weighted by Gasteiger charge is -2.34. The normalized spacial score (nSPS) is 19.4. The summed E-state index contributed by atoms with van der Waals surface area (Å²) in [7, 11) is 0. The number of benzene rings is 1. The molecule has 0 fully saturated rings. The molecule has 4 heteroatoms. The van der Waals surface area contributed by atoms with E-state index in [-0.39, 0.29) is 6.10 Å². The van der Waals surface area contributed by atoms with Crippen LogP contribution in [0.15, 0.2) is 24.3 Å². The van der Waals surface area contributed by atoms with Gasteiger partial charge in [-0.15, -0.1) is 0 Å². The first kappa shape index (κ1) is 14.0. The van der Waals surface area contributed by atoms with Crippen molar-refractivity contribution < 1.29 is 14.6 Å². The average Bonchev–Trinajstić information content (AvgIpc) is 2.37. The highest BCUT2D eigenvalue weighted by Gasteiger charge is 2.32. The van der Waals surface area contributed by atoms with Crippen LogP contribution in [0.5, 0.6) is 0 Å². The van der Waals surface area contributed by atoms with E-state index in [0.29, 0.717) is 13.2 Å². The van der Waals surface area contributed by atoms with Crippen molar-refractivity contribution in [1.82, 2.24) is 4.90 Å². The van der Waals surface area contributed by atoms with Gasteiger partial charge in [-0.3, -0.25) is 9.69 Å². The zero-order valence-corrected chi connectivity index (χ0v) is 11.5. The third-order valence-electron chi connectivity index (χ3n) is 3.45. The average molecular weight is 263 g/mol. The molecule has 0 spiro atoms. The minimum Gasteiger partial charge on any atom is -0.480 e. The number of carboxylic acid groups (broad SMARTS) is 1. The molecule has 1 aromatic carbocycles. The first-order chi connectivity index (χ1) is 9.09. The van der Waals surface area contributed by atoms with Gasteiger partial charge < -0.3 is 9.84 Å². The Hall–Kier alpha value is -1.39. The maximum Gasteiger partial charge on any atom is 0.325 e. The van der Waals surface area contributed by atoms with Crippen molar-refractivity contribution in [3.8, 4) is 0 Å². The maximum absolute atomic E-state index is 11.5. The molecule has 1 heterocycles. The molecule has 0 saturated carbocycles. The zero-order chi connectivity index (χ0) is 13.8. The van der Waals surface area contributed by atoms with Crippen molar-refractivity contribution >= 4 is 5.97 Å². The topological polar surface area (TPSA) is 49.8 Å². The van der Waals surface area contributed by atoms with E-state index in [4.69, 9.17) is 4.74 Å². The SMILES string of the molecule is CC(C)OCCN1CCc2ccccc2C1C(=O)O. The van der Waals surface area contributed by atoms with Crippen molar-refractivity contribution in [3.05, 3.63) is 35.4 Å². The Labute approximate surface area is 114 Å². The number of ether oxygens (including phenoxy) is 1. The van der Waals surface area contributed by atoms with Crippen molar-refractivity contribution in [2.24, 2.45) is 0 Å². The second-order valence-corrected chi connectivity index (χ2v) is 5.15. The second kappa shape index (κ2) is 6.17. The molecule has 0 radical (unpaired) electrons. The number of carboxylic acids is 1. The molecule has 1 unspecified atom stereocenters. The fourth-order valence-corrected chi connectivity index (χ4v) is 2.55. The van der Waals surface area contributed by atoms with Gasteiger partial charge in [0.15, 0.2) is 0 Å². The molecule has 1 aliphatic heterocycles. The first-order valence-corrected chi connectivity index (χ1v) is 6.76. The molecule has 1 atom stereocenters. The summed E-state index contributed by atoms with van der Waals surface area (Å²) in [5.74, 6) is -0.781. The Bertz CT molecular complexity index is 445. The molecule has 0 aliphatic carbocycles. The summed E-state index contributed by atoms with van der Waals surface area (Å²) in [4.78, 5) is 13.5. The minimum atomic E-state index is -0.781. The van der Waals surface area contributed by atoms with Crippen molar-refractivity contribution in [2.75, 3.05) is 19.7 Å². The number of nitrogens with zero attached hydrogens (tertiary/aromatic N) is 1. The molecule has 0 bridgehead atoms. The number of carbonyl (C=O) groups is 1. The van der Waals surface area contributed by atoms with Gasteiger partial charge in [-0.2, -0.15) is 0 Å². The van der Waals surface area contributed by atoms with Crippen LogP contribution < -0.4 is 0 Å². The van der Waals surface area contributed by atoms with E-state index in [0.717, 1.165) is 24.1 Å². The second-order valence-electron chi connectivity index (χ2n) is 5.15. The Morgan fingerprint density at radius 2 is 2.21 bits per heavy atom. The Kier molecular flexibility index (Phi) is 4.56. The monoisotopic (exact) mass is 263 g/mol. The van der Waals surface area contributed by atoms with Gasteiger partial charge in [0.25, 0.3) is 0 Å². The van der Waals surface area contributed by atoms with Crippen LogP contribution in [-0.2, 0) is 16.0 Å². The van der Waals surface area contributed by atoms with Crippen LogP contribution in [0.25, 0.3) is 0 Å². The van der Waals surface area contributed by atoms with E-state index < -0.39 is 12.0 Å². The van der Waals surface area contributed by atoms with Crippen LogP contribution in [0.4, 0.5) is 0 Å². The molecule has 2 rings (SSSR count). The Morgan fingerprint density at radius 3 is 2.89 bits per heavy atom. The minimum absolute atomic E-state index is 0.181. The summed E-state index contributed by atoms with van der Waals surface area (Å²) < 4.78 is 5.53. The van der Waals surface area contributed by atoms with Gasteiger partial charge >= 0.3 is 5.97 Å². The van der Waals surface area contributed by atoms with E-state index in [1.54, 1.807) is 0 Å². The Balaban J connectivity index is 2.11. The molecule has 104 valence electrons. The predicted octanol–water partition coefficient (Wildman–Crippen LogP) is 2.10. The van der Waals surface area contributed by atoms with Crippen LogP contribution in [0.2, 0.25) is 0 Å². The predicted molar refractivity (Wildman–Crippen MR) is 73.2 cm³/mol. The third-order valence-corrected chi connectivity index (χ3v) is 3.45. The molecule has 1 N–H and O–H groups in total. The van der Waals surface area contributed by atoms with E-state index in [9.17, 15) is 9.90 Å². The lowest BCUT2D eigenvalue weighted by molar-refractivity contribution is -0.144. The van der Waals surface area contributed by atoms with Gasteiger partial charge in [0.2, 0.25) is 0 Å². The molecule has 0 aromatic heterocycles. The molecular formula is C15H21NO3. The standard InChI is InChI=1S/C15H21NO3/c1-11(2)19-10-9-16-8-7-12-5-3-4-6-13(12)14(16)15(17)18/h3-6,11,14H,7-10H2,1-2H3,(H,17,18). The van der Waals surface area contributed by atoms with Crippen molar-refractivity contribution in [1.29, 1.82) is 0 Å². The highest BCUT2D eigenvalue weighted by molar-refractivity contribution is 5.76. The van der Waals surface area contributed by atoms with Crippen LogP contribution >= 0.6 is 0 Å². The van der Waals surface area contributed by atoms with Crippen LogP contribution in [0.1, 0.15) is 31.0 Å². The summed E-state index contributed by atoms with van der Waals surface area (Å²) >= 11 is 0. The number of hydrogen-bond donors (Lipinski definition) is 1. The molecule has 4 nitrogen and oxygen atoms in total. The molecule has 1 aliphatic rings. The molecule has 0 amide bonds. The van der Waals surface area contributed by atoms with Gasteiger partial charge in [-0.1, -0.05) is 24.3 Å². The highest BCUT2D eigenvalue weighted by Crippen LogP contribution is 2.29. The summed E-state index contributed by atoms with van der Waals surface area (Å²) in [5.41, 5.74) is 2.07. The van der Waals surface area contributed by atoms with Crippen LogP contribution in [0.3, 0.4) is 0 Å². The van der Waals surface area contributed by atoms with Gasteiger partial charge in [-0.25, -0.2) is 0 Å². The molecule has 1 aromatic rings. The fraction of sp³-hybridized carbons (Fsp3) is 0.533. The van der Waals surface area contributed by atoms with Crippen LogP contribution in [-0.4, -0.2) is 41.8 Å². The van der Waals surface area contributed by atoms with Gasteiger partial charge in [0, 0.05) is 13.1 Å². The number of hydrogen-bond acceptors (Lipinski definition) is 3. The van der Waals surface area contributed by atoms with Crippen molar-refractivity contribution in [2.45, 2.75) is 32.4 Å². The summed E-state index contributed by atoms with van der Waals surface area (Å²) in [6.45, 7) is 5.98. The molecular weight excluding hydrogens is 242 g/mol. The smallest absolute Gasteiger partial charge is 0.325 e. The van der Waals surface area contributed by atoms with E-state index in [1.165, 1.54) is 0 Å². The lowest BCUT2D eigenvalue weighted by Crippen LogP contribution is -2.41. The zero-order valence-electron chi connectivity index (χ0n) is 11.5. The number of rotatable bonds is 5. The van der Waals surface area contributed by atoms with Gasteiger partial charge in [0.05, 0.1) is 12.7 Å². The third kappa shape index (κ3) is 3.33. The largest absolute Gasteiger partial charge is 0.480 e. The fourth-order valence-electron chi connectivity index (χ4n) is 2.55.